The molecule has 3 heterocycles. The van der Waals surface area contributed by atoms with Crippen molar-refractivity contribution in [3.8, 4) is 0 Å². The molecule has 2 saturated heterocycles. The Morgan fingerprint density at radius 1 is 1.09 bits per heavy atom. The number of aromatic nitrogens is 1. The lowest BCUT2D eigenvalue weighted by Crippen LogP contribution is -2.46. The van der Waals surface area contributed by atoms with Gasteiger partial charge < -0.3 is 14.4 Å². The normalized spacial score (nSPS) is 22.2. The zero-order valence-corrected chi connectivity index (χ0v) is 13.5. The predicted octanol–water partition coefficient (Wildman–Crippen LogP) is 1.81. The summed E-state index contributed by atoms with van der Waals surface area (Å²) in [6.07, 6.45) is 5.97. The average Bonchev–Trinajstić information content (AvgIpc) is 3.18. The summed E-state index contributed by atoms with van der Waals surface area (Å²) in [4.78, 5) is 29.1. The Labute approximate surface area is 131 Å². The van der Waals surface area contributed by atoms with E-state index in [-0.39, 0.29) is 17.7 Å². The molecule has 0 unspecified atom stereocenters. The fraction of sp³-hybridized carbons (Fsp3) is 0.647. The number of hydrogen-bond acceptors (Lipinski definition) is 2. The van der Waals surface area contributed by atoms with Crippen LogP contribution in [0.2, 0.25) is 0 Å². The Balaban J connectivity index is 1.68. The highest BCUT2D eigenvalue weighted by Gasteiger charge is 2.32. The van der Waals surface area contributed by atoms with E-state index in [1.807, 2.05) is 40.6 Å². The molecule has 5 nitrogen and oxygen atoms in total. The van der Waals surface area contributed by atoms with Gasteiger partial charge in [-0.15, -0.1) is 0 Å². The van der Waals surface area contributed by atoms with E-state index >= 15 is 0 Å². The third kappa shape index (κ3) is 2.76. The second-order valence-electron chi connectivity index (χ2n) is 6.55. The standard InChI is InChI=1S/C17H25N3O2/c1-13-15(7-11-18(13)2)17(22)20-10-5-6-14(12-20)16(21)19-8-3-4-9-19/h7,11,14H,3-6,8-10,12H2,1-2H3/t14-/m1/s1. The maximum Gasteiger partial charge on any atom is 0.255 e. The van der Waals surface area contributed by atoms with Crippen LogP contribution in [0.1, 0.15) is 41.7 Å². The molecule has 0 radical (unpaired) electrons. The number of rotatable bonds is 2. The van der Waals surface area contributed by atoms with E-state index in [9.17, 15) is 9.59 Å². The number of amides is 2. The van der Waals surface area contributed by atoms with Crippen molar-refractivity contribution in [1.82, 2.24) is 14.4 Å². The summed E-state index contributed by atoms with van der Waals surface area (Å²) in [5.41, 5.74) is 1.75. The van der Waals surface area contributed by atoms with E-state index in [1.54, 1.807) is 0 Å². The molecule has 0 aliphatic carbocycles. The Kier molecular flexibility index (Phi) is 4.23. The lowest BCUT2D eigenvalue weighted by molar-refractivity contribution is -0.135. The van der Waals surface area contributed by atoms with Crippen molar-refractivity contribution in [1.29, 1.82) is 0 Å². The van der Waals surface area contributed by atoms with Gasteiger partial charge in [-0.2, -0.15) is 0 Å². The summed E-state index contributed by atoms with van der Waals surface area (Å²) in [7, 11) is 1.95. The number of nitrogens with zero attached hydrogens (tertiary/aromatic N) is 3. The van der Waals surface area contributed by atoms with Crippen LogP contribution in [0.4, 0.5) is 0 Å². The molecule has 2 aliphatic heterocycles. The monoisotopic (exact) mass is 303 g/mol. The third-order valence-electron chi connectivity index (χ3n) is 5.09. The van der Waals surface area contributed by atoms with Crippen molar-refractivity contribution in [2.24, 2.45) is 13.0 Å². The first kappa shape index (κ1) is 15.1. The van der Waals surface area contributed by atoms with Crippen molar-refractivity contribution < 1.29 is 9.59 Å². The van der Waals surface area contributed by atoms with Crippen LogP contribution in [0.5, 0.6) is 0 Å². The predicted molar refractivity (Wildman–Crippen MR) is 84.6 cm³/mol. The molecular weight excluding hydrogens is 278 g/mol. The van der Waals surface area contributed by atoms with Crippen LogP contribution in [0.15, 0.2) is 12.3 Å². The minimum Gasteiger partial charge on any atom is -0.354 e. The molecule has 0 saturated carbocycles. The average molecular weight is 303 g/mol. The molecule has 2 aliphatic rings. The van der Waals surface area contributed by atoms with Gasteiger partial charge in [-0.05, 0) is 38.7 Å². The van der Waals surface area contributed by atoms with E-state index in [0.29, 0.717) is 6.54 Å². The van der Waals surface area contributed by atoms with E-state index in [2.05, 4.69) is 0 Å². The fourth-order valence-electron chi connectivity index (χ4n) is 3.56. The van der Waals surface area contributed by atoms with Gasteiger partial charge >= 0.3 is 0 Å². The molecule has 0 bridgehead atoms. The second kappa shape index (κ2) is 6.15. The van der Waals surface area contributed by atoms with Gasteiger partial charge in [-0.3, -0.25) is 9.59 Å². The Morgan fingerprint density at radius 2 is 1.77 bits per heavy atom. The highest BCUT2D eigenvalue weighted by molar-refractivity contribution is 5.96. The van der Waals surface area contributed by atoms with Crippen molar-refractivity contribution in [2.45, 2.75) is 32.6 Å². The molecule has 2 amide bonds. The maximum absolute atomic E-state index is 12.7. The number of carbonyl (C=O) groups excluding carboxylic acids is 2. The van der Waals surface area contributed by atoms with Gasteiger partial charge in [0.2, 0.25) is 5.91 Å². The zero-order chi connectivity index (χ0) is 15.7. The minimum atomic E-state index is -0.0141. The number of aryl methyl sites for hydroxylation is 1. The lowest BCUT2D eigenvalue weighted by Gasteiger charge is -2.34. The summed E-state index contributed by atoms with van der Waals surface area (Å²) in [5.74, 6) is 0.302. The molecule has 0 spiro atoms. The van der Waals surface area contributed by atoms with Gasteiger partial charge in [-0.1, -0.05) is 0 Å². The third-order valence-corrected chi connectivity index (χ3v) is 5.09. The lowest BCUT2D eigenvalue weighted by atomic mass is 9.96. The Hall–Kier alpha value is -1.78. The maximum atomic E-state index is 12.7. The number of hydrogen-bond donors (Lipinski definition) is 0. The molecule has 22 heavy (non-hydrogen) atoms. The van der Waals surface area contributed by atoms with Crippen molar-refractivity contribution >= 4 is 11.8 Å². The van der Waals surface area contributed by atoms with E-state index in [0.717, 1.165) is 56.6 Å². The summed E-state index contributed by atoms with van der Waals surface area (Å²) in [6, 6.07) is 1.88. The van der Waals surface area contributed by atoms with Gasteiger partial charge in [0.15, 0.2) is 0 Å². The summed E-state index contributed by atoms with van der Waals surface area (Å²) in [6.45, 7) is 5.08. The summed E-state index contributed by atoms with van der Waals surface area (Å²) < 4.78 is 1.96. The van der Waals surface area contributed by atoms with Crippen LogP contribution in [-0.4, -0.2) is 52.4 Å². The number of carbonyl (C=O) groups is 2. The molecule has 0 aromatic carbocycles. The molecule has 0 N–H and O–H groups in total. The van der Waals surface area contributed by atoms with Crippen molar-refractivity contribution in [3.63, 3.8) is 0 Å². The van der Waals surface area contributed by atoms with Crippen LogP contribution in [0.3, 0.4) is 0 Å². The molecule has 1 atom stereocenters. The highest BCUT2D eigenvalue weighted by atomic mass is 16.2. The Morgan fingerprint density at radius 3 is 2.41 bits per heavy atom. The molecular formula is C17H25N3O2. The molecule has 5 heteroatoms. The molecule has 3 rings (SSSR count). The number of likely N-dealkylation sites (tertiary alicyclic amines) is 2. The summed E-state index contributed by atoms with van der Waals surface area (Å²) in [5, 5.41) is 0. The van der Waals surface area contributed by atoms with Crippen LogP contribution in [-0.2, 0) is 11.8 Å². The van der Waals surface area contributed by atoms with Gasteiger partial charge in [0.25, 0.3) is 5.91 Å². The number of piperidine rings is 1. The topological polar surface area (TPSA) is 45.6 Å². The quantitative estimate of drug-likeness (QED) is 0.836. The first-order chi connectivity index (χ1) is 10.6. The van der Waals surface area contributed by atoms with Crippen LogP contribution in [0.25, 0.3) is 0 Å². The highest BCUT2D eigenvalue weighted by Crippen LogP contribution is 2.23. The largest absolute Gasteiger partial charge is 0.354 e. The fourth-order valence-corrected chi connectivity index (χ4v) is 3.56. The molecule has 120 valence electrons. The van der Waals surface area contributed by atoms with Gasteiger partial charge in [-0.25, -0.2) is 0 Å². The minimum absolute atomic E-state index is 0.0141. The van der Waals surface area contributed by atoms with Crippen LogP contribution in [0, 0.1) is 12.8 Å². The zero-order valence-electron chi connectivity index (χ0n) is 13.5. The van der Waals surface area contributed by atoms with E-state index < -0.39 is 0 Å². The van der Waals surface area contributed by atoms with Crippen molar-refractivity contribution in [3.05, 3.63) is 23.5 Å². The van der Waals surface area contributed by atoms with E-state index in [1.165, 1.54) is 0 Å². The van der Waals surface area contributed by atoms with Crippen LogP contribution >= 0.6 is 0 Å². The van der Waals surface area contributed by atoms with Gasteiger partial charge in [0, 0.05) is 45.1 Å². The van der Waals surface area contributed by atoms with E-state index in [4.69, 9.17) is 0 Å². The van der Waals surface area contributed by atoms with Gasteiger partial charge in [0.1, 0.15) is 0 Å². The SMILES string of the molecule is Cc1c(C(=O)N2CCC[C@@H](C(=O)N3CCCC3)C2)ccn1C. The van der Waals surface area contributed by atoms with Crippen LogP contribution < -0.4 is 0 Å². The smallest absolute Gasteiger partial charge is 0.255 e. The first-order valence-electron chi connectivity index (χ1n) is 8.28. The Bertz CT molecular complexity index is 572. The first-order valence-corrected chi connectivity index (χ1v) is 8.28. The molecule has 2 fully saturated rings. The van der Waals surface area contributed by atoms with Crippen molar-refractivity contribution in [2.75, 3.05) is 26.2 Å². The second-order valence-corrected chi connectivity index (χ2v) is 6.55. The molecule has 1 aromatic rings. The summed E-state index contributed by atoms with van der Waals surface area (Å²) >= 11 is 0. The van der Waals surface area contributed by atoms with Gasteiger partial charge in [0.05, 0.1) is 11.5 Å². The molecule has 1 aromatic heterocycles.